The lowest BCUT2D eigenvalue weighted by Gasteiger charge is -2.41. The highest BCUT2D eigenvalue weighted by atomic mass is 35.5. The number of anilines is 4. The fraction of sp³-hybridized carbons (Fsp3) is 0.519. The summed E-state index contributed by atoms with van der Waals surface area (Å²) in [6.45, 7) is 2.31. The maximum atomic E-state index is 14.9. The molecule has 13 heteroatoms. The number of aryl methyl sites for hydroxylation is 1. The van der Waals surface area contributed by atoms with Gasteiger partial charge in [0.25, 0.3) is 11.5 Å². The molecule has 0 amide bonds. The van der Waals surface area contributed by atoms with Gasteiger partial charge in [-0.05, 0) is 37.0 Å². The van der Waals surface area contributed by atoms with Crippen LogP contribution in [-0.2, 0) is 7.05 Å². The van der Waals surface area contributed by atoms with E-state index in [9.17, 15) is 22.4 Å². The SMILES string of the molecule is C[C@@H]1CN(c2ncc(Cl)c(Nc3ccc4c(c3)c3c(c(=O)n4C)OCC(F)(F)[C@H](C4CC4)N3)n2)C[C@H](C)C1(F)F. The van der Waals surface area contributed by atoms with Crippen LogP contribution in [0.2, 0.25) is 5.02 Å². The number of alkyl halides is 4. The number of benzene rings is 1. The van der Waals surface area contributed by atoms with E-state index in [0.717, 1.165) is 0 Å². The first kappa shape index (κ1) is 26.9. The van der Waals surface area contributed by atoms with Crippen LogP contribution in [0.5, 0.6) is 5.75 Å². The summed E-state index contributed by atoms with van der Waals surface area (Å²) in [7, 11) is 1.56. The predicted octanol–water partition coefficient (Wildman–Crippen LogP) is 5.67. The summed E-state index contributed by atoms with van der Waals surface area (Å²) in [5.74, 6) is -7.52. The van der Waals surface area contributed by atoms with Crippen LogP contribution in [0, 0.1) is 17.8 Å². The number of ether oxygens (including phenoxy) is 1. The van der Waals surface area contributed by atoms with Crippen molar-refractivity contribution in [2.45, 2.75) is 44.6 Å². The van der Waals surface area contributed by atoms with Gasteiger partial charge in [0, 0.05) is 43.0 Å². The molecule has 0 radical (unpaired) electrons. The minimum atomic E-state index is -3.15. The van der Waals surface area contributed by atoms with Crippen molar-refractivity contribution in [1.82, 2.24) is 14.5 Å². The van der Waals surface area contributed by atoms with Crippen molar-refractivity contribution in [2.75, 3.05) is 35.2 Å². The van der Waals surface area contributed by atoms with Gasteiger partial charge < -0.3 is 24.8 Å². The van der Waals surface area contributed by atoms with Gasteiger partial charge in [-0.2, -0.15) is 4.98 Å². The Morgan fingerprint density at radius 3 is 2.52 bits per heavy atom. The first-order chi connectivity index (χ1) is 18.9. The van der Waals surface area contributed by atoms with Crippen molar-refractivity contribution in [3.8, 4) is 5.75 Å². The highest BCUT2D eigenvalue weighted by Gasteiger charge is 2.51. The molecular weight excluding hydrogens is 552 g/mol. The molecule has 2 aromatic heterocycles. The standard InChI is InChI=1S/C27H29ClF4N6O2/c1-13-10-38(11-14(2)27(13,31)32)25-33-9-18(28)23(36-25)34-16-6-7-19-17(8-16)20-21(24(39)37(19)3)40-12-26(29,30)22(35-20)15-4-5-15/h6-9,13-15,22,35H,4-5,10-12H2,1-3H3,(H,33,34,36)/t13-,14+,22-/m0/s1. The van der Waals surface area contributed by atoms with Crippen LogP contribution in [0.15, 0.2) is 29.2 Å². The van der Waals surface area contributed by atoms with Gasteiger partial charge in [0.1, 0.15) is 5.02 Å². The molecule has 3 aromatic rings. The van der Waals surface area contributed by atoms with Gasteiger partial charge in [-0.15, -0.1) is 0 Å². The van der Waals surface area contributed by atoms with Gasteiger partial charge >= 0.3 is 5.92 Å². The third-order valence-electron chi connectivity index (χ3n) is 8.19. The summed E-state index contributed by atoms with van der Waals surface area (Å²) in [6.07, 6.45) is 2.76. The molecular formula is C27H29ClF4N6O2. The Labute approximate surface area is 232 Å². The summed E-state index contributed by atoms with van der Waals surface area (Å²) >= 11 is 6.39. The molecule has 1 aromatic carbocycles. The van der Waals surface area contributed by atoms with Crippen molar-refractivity contribution in [1.29, 1.82) is 0 Å². The average Bonchev–Trinajstić information content (AvgIpc) is 3.74. The molecule has 0 spiro atoms. The highest BCUT2D eigenvalue weighted by Crippen LogP contribution is 2.46. The second-order valence-electron chi connectivity index (χ2n) is 11.2. The molecule has 6 rings (SSSR count). The Morgan fingerprint density at radius 2 is 1.85 bits per heavy atom. The maximum absolute atomic E-state index is 14.9. The van der Waals surface area contributed by atoms with Gasteiger partial charge in [-0.25, -0.2) is 22.5 Å². The molecule has 2 aliphatic heterocycles. The van der Waals surface area contributed by atoms with Crippen molar-refractivity contribution in [2.24, 2.45) is 24.8 Å². The molecule has 0 bridgehead atoms. The van der Waals surface area contributed by atoms with Crippen molar-refractivity contribution in [3.05, 3.63) is 39.8 Å². The van der Waals surface area contributed by atoms with Crippen LogP contribution >= 0.6 is 11.6 Å². The van der Waals surface area contributed by atoms with E-state index in [0.29, 0.717) is 29.4 Å². The summed E-state index contributed by atoms with van der Waals surface area (Å²) in [4.78, 5) is 23.5. The minimum Gasteiger partial charge on any atom is -0.480 e. The Kier molecular flexibility index (Phi) is 6.32. The quantitative estimate of drug-likeness (QED) is 0.385. The summed E-state index contributed by atoms with van der Waals surface area (Å²) < 4.78 is 65.4. The molecule has 214 valence electrons. The van der Waals surface area contributed by atoms with Gasteiger partial charge in [0.05, 0.1) is 23.4 Å². The van der Waals surface area contributed by atoms with Crippen LogP contribution in [0.25, 0.3) is 10.9 Å². The first-order valence-corrected chi connectivity index (χ1v) is 13.6. The monoisotopic (exact) mass is 580 g/mol. The third-order valence-corrected chi connectivity index (χ3v) is 8.47. The lowest BCUT2D eigenvalue weighted by molar-refractivity contribution is -0.105. The maximum Gasteiger partial charge on any atom is 0.301 e. The van der Waals surface area contributed by atoms with Crippen LogP contribution in [0.3, 0.4) is 0 Å². The van der Waals surface area contributed by atoms with Crippen LogP contribution in [-0.4, -0.2) is 52.1 Å². The molecule has 1 saturated heterocycles. The van der Waals surface area contributed by atoms with Crippen LogP contribution in [0.1, 0.15) is 26.7 Å². The summed E-state index contributed by atoms with van der Waals surface area (Å²) in [5.41, 5.74) is 0.758. The Bertz CT molecular complexity index is 1530. The number of hydrogen-bond donors (Lipinski definition) is 2. The van der Waals surface area contributed by atoms with Crippen LogP contribution < -0.4 is 25.8 Å². The summed E-state index contributed by atoms with van der Waals surface area (Å²) in [5, 5.41) is 6.82. The highest BCUT2D eigenvalue weighted by molar-refractivity contribution is 6.33. The molecule has 2 fully saturated rings. The van der Waals surface area contributed by atoms with E-state index >= 15 is 0 Å². The fourth-order valence-electron chi connectivity index (χ4n) is 5.65. The van der Waals surface area contributed by atoms with E-state index in [4.69, 9.17) is 16.3 Å². The Morgan fingerprint density at radius 1 is 1.15 bits per heavy atom. The van der Waals surface area contributed by atoms with E-state index in [1.165, 1.54) is 24.6 Å². The topological polar surface area (TPSA) is 84.3 Å². The van der Waals surface area contributed by atoms with Gasteiger partial charge in [-0.1, -0.05) is 25.4 Å². The van der Waals surface area contributed by atoms with Gasteiger partial charge in [0.15, 0.2) is 12.4 Å². The largest absolute Gasteiger partial charge is 0.480 e. The number of rotatable bonds is 4. The molecule has 40 heavy (non-hydrogen) atoms. The normalized spacial score (nSPS) is 25.5. The first-order valence-electron chi connectivity index (χ1n) is 13.2. The predicted molar refractivity (Wildman–Crippen MR) is 146 cm³/mol. The fourth-order valence-corrected chi connectivity index (χ4v) is 5.79. The smallest absolute Gasteiger partial charge is 0.301 e. The number of piperidine rings is 1. The third kappa shape index (κ3) is 4.49. The zero-order valence-electron chi connectivity index (χ0n) is 22.1. The number of pyridine rings is 1. The van der Waals surface area contributed by atoms with Crippen LogP contribution in [0.4, 0.5) is 40.7 Å². The molecule has 3 atom stereocenters. The Hall–Kier alpha value is -3.28. The van der Waals surface area contributed by atoms with Gasteiger partial charge in [-0.3, -0.25) is 4.79 Å². The lowest BCUT2D eigenvalue weighted by atomic mass is 9.87. The Balaban J connectivity index is 1.36. The number of aromatic nitrogens is 3. The molecule has 0 unspecified atom stereocenters. The molecule has 1 saturated carbocycles. The average molecular weight is 581 g/mol. The van der Waals surface area contributed by atoms with E-state index in [1.54, 1.807) is 30.1 Å². The van der Waals surface area contributed by atoms with E-state index in [-0.39, 0.29) is 47.2 Å². The zero-order valence-corrected chi connectivity index (χ0v) is 22.9. The molecule has 1 aliphatic carbocycles. The van der Waals surface area contributed by atoms with Crippen molar-refractivity contribution < 1.29 is 22.3 Å². The zero-order chi connectivity index (χ0) is 28.6. The lowest BCUT2D eigenvalue weighted by Crippen LogP contribution is -2.52. The minimum absolute atomic E-state index is 0.0903. The molecule has 2 N–H and O–H groups in total. The number of halogens is 5. The second-order valence-corrected chi connectivity index (χ2v) is 11.6. The number of nitrogens with zero attached hydrogens (tertiary/aromatic N) is 4. The number of fused-ring (bicyclic) bond motifs is 3. The van der Waals surface area contributed by atoms with E-state index in [2.05, 4.69) is 20.6 Å². The molecule has 3 aliphatic rings. The number of hydrogen-bond acceptors (Lipinski definition) is 7. The molecule has 8 nitrogen and oxygen atoms in total. The second kappa shape index (κ2) is 9.39. The van der Waals surface area contributed by atoms with E-state index < -0.39 is 41.9 Å². The van der Waals surface area contributed by atoms with Crippen molar-refractivity contribution in [3.63, 3.8) is 0 Å². The summed E-state index contributed by atoms with van der Waals surface area (Å²) in [6, 6.07) is 3.97. The van der Waals surface area contributed by atoms with Gasteiger partial charge in [0.2, 0.25) is 11.7 Å². The number of nitrogens with one attached hydrogen (secondary N) is 2. The van der Waals surface area contributed by atoms with Crippen molar-refractivity contribution >= 4 is 45.6 Å². The van der Waals surface area contributed by atoms with E-state index in [1.807, 2.05) is 0 Å². The molecule has 4 heterocycles.